The first-order valence-corrected chi connectivity index (χ1v) is 7.43. The molecule has 3 heteroatoms. The molecule has 0 aromatic heterocycles. The molecule has 3 nitrogen and oxygen atoms in total. The maximum atomic E-state index is 5.51. The number of likely N-dealkylation sites (tertiary alicyclic amines) is 1. The van der Waals surface area contributed by atoms with Crippen LogP contribution in [0.15, 0.2) is 24.3 Å². The van der Waals surface area contributed by atoms with Gasteiger partial charge in [0.25, 0.3) is 0 Å². The van der Waals surface area contributed by atoms with Crippen LogP contribution in [0.5, 0.6) is 5.75 Å². The number of para-hydroxylation sites is 1. The predicted octanol–water partition coefficient (Wildman–Crippen LogP) is 2.83. The summed E-state index contributed by atoms with van der Waals surface area (Å²) in [6, 6.07) is 8.74. The van der Waals surface area contributed by atoms with Gasteiger partial charge in [-0.2, -0.15) is 0 Å². The van der Waals surface area contributed by atoms with Crippen molar-refractivity contribution in [2.75, 3.05) is 33.3 Å². The molecule has 2 rings (SSSR count). The lowest BCUT2D eigenvalue weighted by atomic mass is 10.0. The largest absolute Gasteiger partial charge is 0.496 e. The maximum Gasteiger partial charge on any atom is 0.123 e. The summed E-state index contributed by atoms with van der Waals surface area (Å²) >= 11 is 0. The first-order chi connectivity index (χ1) is 9.35. The lowest BCUT2D eigenvalue weighted by Gasteiger charge is -2.26. The second kappa shape index (κ2) is 7.51. The zero-order valence-corrected chi connectivity index (χ0v) is 12.2. The number of nitrogens with one attached hydrogen (secondary N) is 1. The SMILES string of the molecule is CCCNC(CN1CCCC1)c1ccccc1OC. The summed E-state index contributed by atoms with van der Waals surface area (Å²) in [6.07, 6.45) is 3.84. The quantitative estimate of drug-likeness (QED) is 0.818. The normalized spacial score (nSPS) is 17.6. The Morgan fingerprint density at radius 2 is 2.00 bits per heavy atom. The van der Waals surface area contributed by atoms with Gasteiger partial charge in [0.1, 0.15) is 5.75 Å². The van der Waals surface area contributed by atoms with E-state index in [9.17, 15) is 0 Å². The minimum Gasteiger partial charge on any atom is -0.496 e. The Morgan fingerprint density at radius 1 is 1.26 bits per heavy atom. The minimum absolute atomic E-state index is 0.370. The van der Waals surface area contributed by atoms with E-state index in [-0.39, 0.29) is 0 Å². The van der Waals surface area contributed by atoms with Crippen LogP contribution in [0.1, 0.15) is 37.8 Å². The van der Waals surface area contributed by atoms with Crippen molar-refractivity contribution >= 4 is 0 Å². The van der Waals surface area contributed by atoms with Crippen molar-refractivity contribution in [2.45, 2.75) is 32.2 Å². The van der Waals surface area contributed by atoms with Crippen molar-refractivity contribution in [1.82, 2.24) is 10.2 Å². The Morgan fingerprint density at radius 3 is 2.68 bits per heavy atom. The Balaban J connectivity index is 2.10. The van der Waals surface area contributed by atoms with E-state index in [1.807, 2.05) is 6.07 Å². The number of nitrogens with zero attached hydrogens (tertiary/aromatic N) is 1. The van der Waals surface area contributed by atoms with Gasteiger partial charge in [0.2, 0.25) is 0 Å². The molecular formula is C16H26N2O. The van der Waals surface area contributed by atoms with E-state index >= 15 is 0 Å². The van der Waals surface area contributed by atoms with Crippen LogP contribution in [0.3, 0.4) is 0 Å². The molecule has 1 aliphatic rings. The molecule has 0 radical (unpaired) electrons. The van der Waals surface area contributed by atoms with Crippen LogP contribution in [0.2, 0.25) is 0 Å². The van der Waals surface area contributed by atoms with Gasteiger partial charge in [-0.1, -0.05) is 25.1 Å². The molecule has 1 aromatic carbocycles. The predicted molar refractivity (Wildman–Crippen MR) is 79.7 cm³/mol. The summed E-state index contributed by atoms with van der Waals surface area (Å²) < 4.78 is 5.51. The van der Waals surface area contributed by atoms with Gasteiger partial charge in [0.05, 0.1) is 7.11 Å². The molecule has 0 bridgehead atoms. The van der Waals surface area contributed by atoms with Crippen molar-refractivity contribution in [3.63, 3.8) is 0 Å². The summed E-state index contributed by atoms with van der Waals surface area (Å²) in [6.45, 7) is 6.82. The fraction of sp³-hybridized carbons (Fsp3) is 0.625. The van der Waals surface area contributed by atoms with Crippen molar-refractivity contribution < 1.29 is 4.74 Å². The zero-order chi connectivity index (χ0) is 13.5. The summed E-state index contributed by atoms with van der Waals surface area (Å²) in [7, 11) is 1.76. The summed E-state index contributed by atoms with van der Waals surface area (Å²) in [5.41, 5.74) is 1.28. The van der Waals surface area contributed by atoms with Gasteiger partial charge in [0, 0.05) is 18.2 Å². The smallest absolute Gasteiger partial charge is 0.123 e. The molecule has 1 atom stereocenters. The van der Waals surface area contributed by atoms with Gasteiger partial charge in [-0.15, -0.1) is 0 Å². The molecule has 106 valence electrons. The fourth-order valence-corrected chi connectivity index (χ4v) is 2.77. The molecule has 0 amide bonds. The van der Waals surface area contributed by atoms with Crippen molar-refractivity contribution in [1.29, 1.82) is 0 Å². The van der Waals surface area contributed by atoms with Crippen LogP contribution in [0, 0.1) is 0 Å². The maximum absolute atomic E-state index is 5.51. The van der Waals surface area contributed by atoms with Crippen molar-refractivity contribution in [3.05, 3.63) is 29.8 Å². The Hall–Kier alpha value is -1.06. The highest BCUT2D eigenvalue weighted by Gasteiger charge is 2.20. The first-order valence-electron chi connectivity index (χ1n) is 7.43. The van der Waals surface area contributed by atoms with E-state index in [4.69, 9.17) is 4.74 Å². The summed E-state index contributed by atoms with van der Waals surface area (Å²) in [5, 5.41) is 3.67. The Labute approximate surface area is 116 Å². The highest BCUT2D eigenvalue weighted by molar-refractivity contribution is 5.36. The van der Waals surface area contributed by atoms with Crippen LogP contribution in [0.25, 0.3) is 0 Å². The number of hydrogen-bond donors (Lipinski definition) is 1. The summed E-state index contributed by atoms with van der Waals surface area (Å²) in [4.78, 5) is 2.56. The highest BCUT2D eigenvalue weighted by Crippen LogP contribution is 2.26. The third-order valence-electron chi connectivity index (χ3n) is 3.79. The van der Waals surface area contributed by atoms with E-state index in [2.05, 4.69) is 35.3 Å². The number of benzene rings is 1. The molecule has 1 aliphatic heterocycles. The lowest BCUT2D eigenvalue weighted by molar-refractivity contribution is 0.287. The van der Waals surface area contributed by atoms with E-state index in [1.54, 1.807) is 7.11 Å². The number of ether oxygens (including phenoxy) is 1. The van der Waals surface area contributed by atoms with Crippen LogP contribution < -0.4 is 10.1 Å². The lowest BCUT2D eigenvalue weighted by Crippen LogP contribution is -2.34. The molecule has 1 aromatic rings. The first kappa shape index (κ1) is 14.4. The molecule has 1 saturated heterocycles. The van der Waals surface area contributed by atoms with E-state index in [1.165, 1.54) is 31.5 Å². The third-order valence-corrected chi connectivity index (χ3v) is 3.79. The van der Waals surface area contributed by atoms with Gasteiger partial charge in [-0.3, -0.25) is 0 Å². The van der Waals surface area contributed by atoms with E-state index in [0.717, 1.165) is 25.3 Å². The molecule has 1 fully saturated rings. The van der Waals surface area contributed by atoms with Crippen molar-refractivity contribution in [2.24, 2.45) is 0 Å². The Kier molecular flexibility index (Phi) is 5.67. The minimum atomic E-state index is 0.370. The second-order valence-corrected chi connectivity index (χ2v) is 5.26. The van der Waals surface area contributed by atoms with Crippen LogP contribution in [0.4, 0.5) is 0 Å². The molecule has 0 saturated carbocycles. The van der Waals surface area contributed by atoms with Gasteiger partial charge in [0.15, 0.2) is 0 Å². The van der Waals surface area contributed by atoms with Crippen LogP contribution in [-0.4, -0.2) is 38.2 Å². The molecule has 19 heavy (non-hydrogen) atoms. The number of methoxy groups -OCH3 is 1. The van der Waals surface area contributed by atoms with Gasteiger partial charge < -0.3 is 15.0 Å². The molecule has 1 N–H and O–H groups in total. The van der Waals surface area contributed by atoms with Crippen LogP contribution >= 0.6 is 0 Å². The third kappa shape index (κ3) is 3.95. The van der Waals surface area contributed by atoms with Crippen molar-refractivity contribution in [3.8, 4) is 5.75 Å². The van der Waals surface area contributed by atoms with Crippen LogP contribution in [-0.2, 0) is 0 Å². The molecule has 0 spiro atoms. The van der Waals surface area contributed by atoms with Gasteiger partial charge >= 0.3 is 0 Å². The topological polar surface area (TPSA) is 24.5 Å². The molecule has 1 heterocycles. The molecule has 1 unspecified atom stereocenters. The molecular weight excluding hydrogens is 236 g/mol. The number of rotatable bonds is 7. The van der Waals surface area contributed by atoms with E-state index in [0.29, 0.717) is 6.04 Å². The monoisotopic (exact) mass is 262 g/mol. The average Bonchev–Trinajstić information content (AvgIpc) is 2.96. The highest BCUT2D eigenvalue weighted by atomic mass is 16.5. The summed E-state index contributed by atoms with van der Waals surface area (Å²) in [5.74, 6) is 0.996. The standard InChI is InChI=1S/C16H26N2O/c1-3-10-17-15(13-18-11-6-7-12-18)14-8-4-5-9-16(14)19-2/h4-5,8-9,15,17H,3,6-7,10-13H2,1-2H3. The number of hydrogen-bond acceptors (Lipinski definition) is 3. The van der Waals surface area contributed by atoms with Gasteiger partial charge in [-0.25, -0.2) is 0 Å². The van der Waals surface area contributed by atoms with E-state index < -0.39 is 0 Å². The van der Waals surface area contributed by atoms with Gasteiger partial charge in [-0.05, 0) is 45.0 Å². The second-order valence-electron chi connectivity index (χ2n) is 5.26. The Bertz CT molecular complexity index is 375. The molecule has 0 aliphatic carbocycles. The fourth-order valence-electron chi connectivity index (χ4n) is 2.77. The zero-order valence-electron chi connectivity index (χ0n) is 12.2. The average molecular weight is 262 g/mol.